The van der Waals surface area contributed by atoms with Crippen molar-refractivity contribution >= 4 is 23.4 Å². The molecule has 1 aromatic carbocycles. The van der Waals surface area contributed by atoms with Gasteiger partial charge in [-0.25, -0.2) is 9.79 Å². The van der Waals surface area contributed by atoms with Gasteiger partial charge in [-0.3, -0.25) is 14.0 Å². The number of benzene rings is 1. The average Bonchev–Trinajstić information content (AvgIpc) is 3.31. The summed E-state index contributed by atoms with van der Waals surface area (Å²) in [5.41, 5.74) is 2.40. The fraction of sp³-hybridized carbons (Fsp3) is 0.238. The number of aryl methyl sites for hydroxylation is 1. The van der Waals surface area contributed by atoms with Crippen molar-refractivity contribution in [3.8, 4) is 0 Å². The van der Waals surface area contributed by atoms with E-state index in [1.807, 2.05) is 49.5 Å². The van der Waals surface area contributed by atoms with Crippen molar-refractivity contribution in [2.45, 2.75) is 26.4 Å². The van der Waals surface area contributed by atoms with Gasteiger partial charge in [0.1, 0.15) is 0 Å². The largest absolute Gasteiger partial charge is 0.466 e. The van der Waals surface area contributed by atoms with Gasteiger partial charge in [-0.05, 0) is 25.5 Å². The highest BCUT2D eigenvalue weighted by molar-refractivity contribution is 7.07. The van der Waals surface area contributed by atoms with Gasteiger partial charge < -0.3 is 4.74 Å². The number of methoxy groups -OCH3 is 1. The Balaban J connectivity index is 1.95. The number of thiazole rings is 1. The van der Waals surface area contributed by atoms with E-state index in [4.69, 9.17) is 4.74 Å². The molecule has 3 aromatic rings. The minimum absolute atomic E-state index is 0.194. The molecule has 29 heavy (non-hydrogen) atoms. The third-order valence-corrected chi connectivity index (χ3v) is 5.80. The Bertz CT molecular complexity index is 1280. The quantitative estimate of drug-likeness (QED) is 0.615. The zero-order valence-electron chi connectivity index (χ0n) is 16.3. The first kappa shape index (κ1) is 19.1. The number of nitrogens with zero attached hydrogens (tertiary/aromatic N) is 4. The number of aromatic nitrogens is 3. The molecule has 8 heteroatoms. The number of rotatable bonds is 4. The van der Waals surface area contributed by atoms with Gasteiger partial charge in [-0.1, -0.05) is 41.7 Å². The van der Waals surface area contributed by atoms with Crippen LogP contribution in [-0.4, -0.2) is 27.4 Å². The maximum atomic E-state index is 13.3. The summed E-state index contributed by atoms with van der Waals surface area (Å²) in [6.07, 6.45) is 5.42. The third-order valence-electron chi connectivity index (χ3n) is 4.82. The van der Waals surface area contributed by atoms with Gasteiger partial charge in [-0.15, -0.1) is 0 Å². The van der Waals surface area contributed by atoms with Gasteiger partial charge in [0, 0.05) is 18.3 Å². The maximum Gasteiger partial charge on any atom is 0.338 e. The van der Waals surface area contributed by atoms with Crippen LogP contribution in [-0.2, 0) is 16.1 Å². The Kier molecular flexibility index (Phi) is 5.02. The van der Waals surface area contributed by atoms with E-state index in [2.05, 4.69) is 10.1 Å². The van der Waals surface area contributed by atoms with Crippen LogP contribution in [0, 0.1) is 0 Å². The molecular weight excluding hydrogens is 388 g/mol. The van der Waals surface area contributed by atoms with Crippen LogP contribution < -0.4 is 14.9 Å². The van der Waals surface area contributed by atoms with Crippen molar-refractivity contribution < 1.29 is 9.53 Å². The number of esters is 1. The highest BCUT2D eigenvalue weighted by Crippen LogP contribution is 2.30. The molecule has 0 saturated carbocycles. The summed E-state index contributed by atoms with van der Waals surface area (Å²) in [4.78, 5) is 31.0. The van der Waals surface area contributed by atoms with Crippen molar-refractivity contribution in [3.05, 3.63) is 84.8 Å². The second-order valence-corrected chi connectivity index (χ2v) is 7.62. The van der Waals surface area contributed by atoms with Crippen LogP contribution in [0.25, 0.3) is 6.08 Å². The SMILES string of the molecule is CCn1cc(/C=c2/sc3n(c2=O)[C@@H](c2ccccc2)C(C(=O)OC)=C(C)N=3)cn1. The van der Waals surface area contributed by atoms with Crippen molar-refractivity contribution in [2.24, 2.45) is 4.99 Å². The number of carbonyl (C=O) groups is 1. The Hall–Kier alpha value is -3.26. The molecule has 2 aromatic heterocycles. The van der Waals surface area contributed by atoms with Crippen molar-refractivity contribution in [1.29, 1.82) is 0 Å². The van der Waals surface area contributed by atoms with Gasteiger partial charge in [0.05, 0.1) is 35.2 Å². The average molecular weight is 408 g/mol. The minimum atomic E-state index is -0.583. The fourth-order valence-corrected chi connectivity index (χ4v) is 4.47. The second kappa shape index (κ2) is 7.63. The van der Waals surface area contributed by atoms with Gasteiger partial charge in [0.2, 0.25) is 0 Å². The predicted octanol–water partition coefficient (Wildman–Crippen LogP) is 1.62. The third kappa shape index (κ3) is 3.36. The normalized spacial score (nSPS) is 16.5. The number of carbonyl (C=O) groups excluding carboxylic acids is 1. The van der Waals surface area contributed by atoms with Gasteiger partial charge in [-0.2, -0.15) is 5.10 Å². The molecule has 0 saturated heterocycles. The number of hydrogen-bond acceptors (Lipinski definition) is 6. The van der Waals surface area contributed by atoms with Crippen LogP contribution in [0.15, 0.2) is 63.8 Å². The van der Waals surface area contributed by atoms with E-state index in [0.717, 1.165) is 17.7 Å². The molecule has 4 rings (SSSR count). The van der Waals surface area contributed by atoms with Crippen molar-refractivity contribution in [2.75, 3.05) is 7.11 Å². The molecule has 0 spiro atoms. The van der Waals surface area contributed by atoms with E-state index in [9.17, 15) is 9.59 Å². The summed E-state index contributed by atoms with van der Waals surface area (Å²) in [6.45, 7) is 4.52. The van der Waals surface area contributed by atoms with E-state index in [0.29, 0.717) is 20.6 Å². The summed E-state index contributed by atoms with van der Waals surface area (Å²) in [5.74, 6) is -0.487. The van der Waals surface area contributed by atoms with Crippen LogP contribution in [0.3, 0.4) is 0 Å². The summed E-state index contributed by atoms with van der Waals surface area (Å²) in [7, 11) is 1.33. The Morgan fingerprint density at radius 1 is 1.31 bits per heavy atom. The molecule has 0 N–H and O–H groups in total. The summed E-state index contributed by atoms with van der Waals surface area (Å²) in [5, 5.41) is 4.25. The predicted molar refractivity (Wildman–Crippen MR) is 110 cm³/mol. The van der Waals surface area contributed by atoms with E-state index in [1.165, 1.54) is 18.4 Å². The minimum Gasteiger partial charge on any atom is -0.466 e. The van der Waals surface area contributed by atoms with Crippen molar-refractivity contribution in [3.63, 3.8) is 0 Å². The van der Waals surface area contributed by atoms with E-state index >= 15 is 0 Å². The molecule has 148 valence electrons. The number of hydrogen-bond donors (Lipinski definition) is 0. The molecular formula is C21H20N4O3S. The Labute approximate surface area is 170 Å². The lowest BCUT2D eigenvalue weighted by Crippen LogP contribution is -2.39. The lowest BCUT2D eigenvalue weighted by atomic mass is 9.96. The lowest BCUT2D eigenvalue weighted by Gasteiger charge is -2.24. The Morgan fingerprint density at radius 2 is 2.07 bits per heavy atom. The van der Waals surface area contributed by atoms with Crippen LogP contribution in [0.4, 0.5) is 0 Å². The van der Waals surface area contributed by atoms with Gasteiger partial charge in [0.25, 0.3) is 5.56 Å². The zero-order valence-corrected chi connectivity index (χ0v) is 17.1. The number of ether oxygens (including phenoxy) is 1. The van der Waals surface area contributed by atoms with Gasteiger partial charge in [0.15, 0.2) is 4.80 Å². The standard InChI is InChI=1S/C21H20N4O3S/c1-4-24-12-14(11-22-24)10-16-19(26)25-18(15-8-6-5-7-9-15)17(20(27)28-3)13(2)23-21(25)29-16/h5-12,18H,4H2,1-3H3/b16-10+/t18-/m0/s1. The van der Waals surface area contributed by atoms with Crippen LogP contribution >= 0.6 is 11.3 Å². The Morgan fingerprint density at radius 3 is 2.72 bits per heavy atom. The molecule has 0 unspecified atom stereocenters. The maximum absolute atomic E-state index is 13.3. The second-order valence-electron chi connectivity index (χ2n) is 6.61. The van der Waals surface area contributed by atoms with Crippen LogP contribution in [0.5, 0.6) is 0 Å². The zero-order chi connectivity index (χ0) is 20.5. The van der Waals surface area contributed by atoms with Crippen molar-refractivity contribution in [1.82, 2.24) is 14.3 Å². The first-order valence-electron chi connectivity index (χ1n) is 9.21. The molecule has 1 atom stereocenters. The van der Waals surface area contributed by atoms with Crippen LogP contribution in [0.2, 0.25) is 0 Å². The monoisotopic (exact) mass is 408 g/mol. The van der Waals surface area contributed by atoms with E-state index < -0.39 is 12.0 Å². The molecule has 0 bridgehead atoms. The highest BCUT2D eigenvalue weighted by Gasteiger charge is 2.32. The molecule has 7 nitrogen and oxygen atoms in total. The molecule has 1 aliphatic rings. The summed E-state index contributed by atoms with van der Waals surface area (Å²) >= 11 is 1.30. The van der Waals surface area contributed by atoms with E-state index in [-0.39, 0.29) is 5.56 Å². The summed E-state index contributed by atoms with van der Waals surface area (Å²) < 4.78 is 8.92. The smallest absolute Gasteiger partial charge is 0.338 e. The first-order valence-corrected chi connectivity index (χ1v) is 10.0. The number of fused-ring (bicyclic) bond motifs is 1. The molecule has 0 amide bonds. The first-order chi connectivity index (χ1) is 14.0. The number of allylic oxidation sites excluding steroid dienone is 1. The topological polar surface area (TPSA) is 78.5 Å². The molecule has 3 heterocycles. The molecule has 0 fully saturated rings. The lowest BCUT2D eigenvalue weighted by molar-refractivity contribution is -0.136. The van der Waals surface area contributed by atoms with E-state index in [1.54, 1.807) is 22.4 Å². The fourth-order valence-electron chi connectivity index (χ4n) is 3.42. The molecule has 0 radical (unpaired) electrons. The highest BCUT2D eigenvalue weighted by atomic mass is 32.1. The van der Waals surface area contributed by atoms with Gasteiger partial charge >= 0.3 is 5.97 Å². The molecule has 0 aliphatic carbocycles. The van der Waals surface area contributed by atoms with Crippen LogP contribution in [0.1, 0.15) is 31.0 Å². The molecule has 1 aliphatic heterocycles. The summed E-state index contributed by atoms with van der Waals surface area (Å²) in [6, 6.07) is 8.88.